The monoisotopic (exact) mass is 575 g/mol. The van der Waals surface area contributed by atoms with Crippen molar-refractivity contribution in [3.8, 4) is 10.4 Å². The van der Waals surface area contributed by atoms with Crippen LogP contribution in [-0.4, -0.2) is 88.9 Å². The zero-order valence-corrected chi connectivity index (χ0v) is 24.7. The smallest absolute Gasteiger partial charge is 0.249 e. The summed E-state index contributed by atoms with van der Waals surface area (Å²) in [7, 11) is 0. The molecule has 4 N–H and O–H groups in total. The number of carbonyl (C=O) groups is 3. The SMILES string of the molecule is CC(=O)N(OCCOCCN)[C@H](C(=O)N1C[C@H](O)C[C@H]1C(=O)NCc1ccc(-c2scnc2C)cc1)C(C)(C)C. The summed E-state index contributed by atoms with van der Waals surface area (Å²) in [6.07, 6.45) is -0.759. The third-order valence-electron chi connectivity index (χ3n) is 6.61. The van der Waals surface area contributed by atoms with Gasteiger partial charge in [0.05, 0.1) is 42.0 Å². The van der Waals surface area contributed by atoms with Gasteiger partial charge in [-0.3, -0.25) is 19.2 Å². The average Bonchev–Trinajstić information content (AvgIpc) is 3.51. The zero-order chi connectivity index (χ0) is 29.4. The van der Waals surface area contributed by atoms with E-state index in [4.69, 9.17) is 15.3 Å². The van der Waals surface area contributed by atoms with E-state index in [1.165, 1.54) is 11.8 Å². The minimum absolute atomic E-state index is 0.0161. The number of carbonyl (C=O) groups excluding carboxylic acids is 3. The Balaban J connectivity index is 1.70. The second-order valence-corrected chi connectivity index (χ2v) is 11.8. The number of amides is 3. The van der Waals surface area contributed by atoms with Crippen molar-refractivity contribution in [3.63, 3.8) is 0 Å². The Labute approximate surface area is 239 Å². The molecule has 220 valence electrons. The van der Waals surface area contributed by atoms with Crippen molar-refractivity contribution in [1.82, 2.24) is 20.3 Å². The minimum atomic E-state index is -1.03. The highest BCUT2D eigenvalue weighted by Crippen LogP contribution is 2.30. The molecule has 0 spiro atoms. The quantitative estimate of drug-likeness (QED) is 0.257. The predicted octanol–water partition coefficient (Wildman–Crippen LogP) is 1.87. The Morgan fingerprint density at radius 2 is 1.93 bits per heavy atom. The highest BCUT2D eigenvalue weighted by Gasteiger charge is 2.47. The maximum Gasteiger partial charge on any atom is 0.249 e. The Morgan fingerprint density at radius 3 is 2.50 bits per heavy atom. The highest BCUT2D eigenvalue weighted by atomic mass is 32.1. The molecule has 0 saturated carbocycles. The molecule has 12 heteroatoms. The van der Waals surface area contributed by atoms with Crippen molar-refractivity contribution in [3.05, 3.63) is 41.0 Å². The second kappa shape index (κ2) is 14.1. The molecule has 3 rings (SSSR count). The van der Waals surface area contributed by atoms with Crippen molar-refractivity contribution < 1.29 is 29.1 Å². The van der Waals surface area contributed by atoms with Crippen LogP contribution in [0.3, 0.4) is 0 Å². The standard InChI is InChI=1S/C28H41N5O6S/c1-18-24(40-17-31-18)21-8-6-20(7-9-21)15-30-26(36)23-14-22(35)16-32(23)27(37)25(28(3,4)5)33(19(2)34)39-13-12-38-11-10-29/h6-9,17,22-23,25,35H,10-16,29H2,1-5H3,(H,30,36)/t22-,23+,25-/m1/s1. The van der Waals surface area contributed by atoms with E-state index in [-0.39, 0.29) is 38.6 Å². The van der Waals surface area contributed by atoms with Crippen LogP contribution in [0, 0.1) is 12.3 Å². The number of thiazole rings is 1. The third-order valence-corrected chi connectivity index (χ3v) is 7.59. The topological polar surface area (TPSA) is 147 Å². The fourth-order valence-corrected chi connectivity index (χ4v) is 5.48. The maximum atomic E-state index is 13.9. The number of β-amino-alcohol motifs (C(OH)–C–C–N with tert-alkyl or cyclic N) is 1. The average molecular weight is 576 g/mol. The van der Waals surface area contributed by atoms with E-state index in [0.717, 1.165) is 26.8 Å². The van der Waals surface area contributed by atoms with Gasteiger partial charge in [-0.05, 0) is 23.5 Å². The van der Waals surface area contributed by atoms with E-state index < -0.39 is 35.4 Å². The number of aryl methyl sites for hydroxylation is 1. The molecule has 1 aromatic carbocycles. The molecule has 1 aliphatic heterocycles. The molecule has 1 aliphatic rings. The van der Waals surface area contributed by atoms with E-state index in [1.54, 1.807) is 11.3 Å². The molecule has 11 nitrogen and oxygen atoms in total. The number of hydrogen-bond donors (Lipinski definition) is 3. The first-order chi connectivity index (χ1) is 18.9. The van der Waals surface area contributed by atoms with Crippen molar-refractivity contribution in [2.24, 2.45) is 11.1 Å². The molecule has 1 fully saturated rings. The van der Waals surface area contributed by atoms with Gasteiger partial charge in [-0.15, -0.1) is 11.3 Å². The zero-order valence-electron chi connectivity index (χ0n) is 23.9. The van der Waals surface area contributed by atoms with Crippen LogP contribution < -0.4 is 11.1 Å². The van der Waals surface area contributed by atoms with Crippen LogP contribution in [0.4, 0.5) is 0 Å². The summed E-state index contributed by atoms with van der Waals surface area (Å²) >= 11 is 1.58. The van der Waals surface area contributed by atoms with Crippen LogP contribution in [-0.2, 0) is 30.5 Å². The number of nitrogens with two attached hydrogens (primary N) is 1. The van der Waals surface area contributed by atoms with Gasteiger partial charge in [-0.1, -0.05) is 45.0 Å². The molecule has 3 amide bonds. The normalized spacial score (nSPS) is 18.0. The van der Waals surface area contributed by atoms with Crippen molar-refractivity contribution >= 4 is 29.1 Å². The molecule has 1 aromatic heterocycles. The summed E-state index contributed by atoms with van der Waals surface area (Å²) in [5.41, 5.74) is 9.44. The van der Waals surface area contributed by atoms with E-state index in [2.05, 4.69) is 10.3 Å². The molecule has 0 aliphatic carbocycles. The molecular formula is C28H41N5O6S. The van der Waals surface area contributed by atoms with Crippen LogP contribution >= 0.6 is 11.3 Å². The predicted molar refractivity (Wildman–Crippen MR) is 152 cm³/mol. The lowest BCUT2D eigenvalue weighted by atomic mass is 9.85. The molecule has 2 aromatic rings. The minimum Gasteiger partial charge on any atom is -0.391 e. The van der Waals surface area contributed by atoms with E-state index >= 15 is 0 Å². The number of benzene rings is 1. The van der Waals surface area contributed by atoms with Crippen molar-refractivity contribution in [2.45, 2.75) is 65.8 Å². The number of aliphatic hydroxyl groups is 1. The fraction of sp³-hybridized carbons (Fsp3) is 0.571. The molecule has 3 atom stereocenters. The van der Waals surface area contributed by atoms with Gasteiger partial charge in [0, 0.05) is 33.0 Å². The van der Waals surface area contributed by atoms with Crippen LogP contribution in [0.15, 0.2) is 29.8 Å². The third kappa shape index (κ3) is 8.07. The van der Waals surface area contributed by atoms with E-state index in [0.29, 0.717) is 13.2 Å². The number of aromatic nitrogens is 1. The van der Waals surface area contributed by atoms with Gasteiger partial charge in [0.15, 0.2) is 0 Å². The second-order valence-electron chi connectivity index (χ2n) is 10.9. The summed E-state index contributed by atoms with van der Waals surface area (Å²) < 4.78 is 5.32. The highest BCUT2D eigenvalue weighted by molar-refractivity contribution is 7.13. The number of nitrogens with one attached hydrogen (secondary N) is 1. The molecule has 40 heavy (non-hydrogen) atoms. The molecule has 0 unspecified atom stereocenters. The number of rotatable bonds is 12. The van der Waals surface area contributed by atoms with Crippen molar-refractivity contribution in [1.29, 1.82) is 0 Å². The molecule has 2 heterocycles. The molecule has 0 bridgehead atoms. The first-order valence-electron chi connectivity index (χ1n) is 13.4. The molecule has 1 saturated heterocycles. The van der Waals surface area contributed by atoms with Crippen LogP contribution in [0.1, 0.15) is 45.4 Å². The Kier molecular flexibility index (Phi) is 11.2. The first kappa shape index (κ1) is 31.6. The summed E-state index contributed by atoms with van der Waals surface area (Å²) in [6, 6.07) is 5.95. The molecule has 0 radical (unpaired) electrons. The Bertz CT molecular complexity index is 1150. The van der Waals surface area contributed by atoms with Crippen LogP contribution in [0.5, 0.6) is 0 Å². The number of likely N-dealkylation sites (tertiary alicyclic amines) is 1. The Hall–Kier alpha value is -2.90. The summed E-state index contributed by atoms with van der Waals surface area (Å²) in [4.78, 5) is 52.2. The summed E-state index contributed by atoms with van der Waals surface area (Å²) in [6.45, 7) is 9.95. The van der Waals surface area contributed by atoms with Gasteiger partial charge in [0.2, 0.25) is 17.7 Å². The number of ether oxygens (including phenoxy) is 1. The first-order valence-corrected chi connectivity index (χ1v) is 14.3. The lowest BCUT2D eigenvalue weighted by molar-refractivity contribution is -0.217. The van der Waals surface area contributed by atoms with Crippen molar-refractivity contribution in [2.75, 3.05) is 32.9 Å². The van der Waals surface area contributed by atoms with E-state index in [9.17, 15) is 19.5 Å². The largest absolute Gasteiger partial charge is 0.391 e. The van der Waals surface area contributed by atoms with Gasteiger partial charge < -0.3 is 25.8 Å². The fourth-order valence-electron chi connectivity index (χ4n) is 4.67. The molecular weight excluding hydrogens is 534 g/mol. The summed E-state index contributed by atoms with van der Waals surface area (Å²) in [5.74, 6) is -1.29. The lowest BCUT2D eigenvalue weighted by Gasteiger charge is -2.40. The maximum absolute atomic E-state index is 13.9. The number of nitrogens with zero attached hydrogens (tertiary/aromatic N) is 3. The lowest BCUT2D eigenvalue weighted by Crippen LogP contribution is -2.58. The van der Waals surface area contributed by atoms with Gasteiger partial charge in [0.25, 0.3) is 0 Å². The van der Waals surface area contributed by atoms with E-state index in [1.807, 2.05) is 57.5 Å². The van der Waals surface area contributed by atoms with Gasteiger partial charge >= 0.3 is 0 Å². The number of aliphatic hydroxyl groups excluding tert-OH is 1. The van der Waals surface area contributed by atoms with Gasteiger partial charge in [-0.2, -0.15) is 0 Å². The van der Waals surface area contributed by atoms with Gasteiger partial charge in [-0.25, -0.2) is 10.0 Å². The Morgan fingerprint density at radius 1 is 1.23 bits per heavy atom. The summed E-state index contributed by atoms with van der Waals surface area (Å²) in [5, 5.41) is 14.4. The number of hydroxylamine groups is 2. The van der Waals surface area contributed by atoms with Crippen LogP contribution in [0.25, 0.3) is 10.4 Å². The van der Waals surface area contributed by atoms with Crippen LogP contribution in [0.2, 0.25) is 0 Å². The number of hydrogen-bond acceptors (Lipinski definition) is 9. The van der Waals surface area contributed by atoms with Gasteiger partial charge in [0.1, 0.15) is 12.1 Å².